The van der Waals surface area contributed by atoms with Crippen molar-refractivity contribution in [2.75, 3.05) is 5.32 Å². The number of rotatable bonds is 4. The average Bonchev–Trinajstić information content (AvgIpc) is 3.27. The molecule has 4 nitrogen and oxygen atoms in total. The number of nitrogens with one attached hydrogen (secondary N) is 1. The molecule has 136 valence electrons. The first-order chi connectivity index (χ1) is 13.1. The Morgan fingerprint density at radius 3 is 2.59 bits per heavy atom. The van der Waals surface area contributed by atoms with Crippen LogP contribution in [0.1, 0.15) is 34.1 Å². The molecule has 2 heterocycles. The molecule has 1 aromatic heterocycles. The monoisotopic (exact) mass is 382 g/mol. The van der Waals surface area contributed by atoms with Gasteiger partial charge < -0.3 is 9.88 Å². The van der Waals surface area contributed by atoms with Crippen molar-refractivity contribution in [1.29, 1.82) is 0 Å². The SMILES string of the molecule is O=C(c1ccccc1)c1ccc2n1CC[C@H]2C(=O)Nc1cccc(Cl)c1F. The zero-order valence-electron chi connectivity index (χ0n) is 14.3. The highest BCUT2D eigenvalue weighted by molar-refractivity contribution is 6.31. The number of aromatic nitrogens is 1. The maximum Gasteiger partial charge on any atom is 0.233 e. The highest BCUT2D eigenvalue weighted by Gasteiger charge is 2.32. The Labute approximate surface area is 160 Å². The zero-order chi connectivity index (χ0) is 19.0. The lowest BCUT2D eigenvalue weighted by Gasteiger charge is -2.12. The number of ketones is 1. The second-order valence-corrected chi connectivity index (χ2v) is 6.83. The van der Waals surface area contributed by atoms with Gasteiger partial charge in [-0.25, -0.2) is 4.39 Å². The molecule has 0 saturated carbocycles. The van der Waals surface area contributed by atoms with Crippen LogP contribution in [0.3, 0.4) is 0 Å². The van der Waals surface area contributed by atoms with Crippen LogP contribution in [-0.2, 0) is 11.3 Å². The standard InChI is InChI=1S/C21H16ClFN2O2/c22-15-7-4-8-16(19(15)23)24-21(27)14-11-12-25-17(14)9-10-18(25)20(26)13-5-2-1-3-6-13/h1-10,14H,11-12H2,(H,24,27)/t14-/m1/s1. The van der Waals surface area contributed by atoms with E-state index in [4.69, 9.17) is 11.6 Å². The lowest BCUT2D eigenvalue weighted by molar-refractivity contribution is -0.117. The predicted octanol–water partition coefficient (Wildman–Crippen LogP) is 4.64. The van der Waals surface area contributed by atoms with Gasteiger partial charge in [-0.15, -0.1) is 0 Å². The number of halogens is 2. The summed E-state index contributed by atoms with van der Waals surface area (Å²) in [5.74, 6) is -1.49. The molecule has 1 aliphatic heterocycles. The van der Waals surface area contributed by atoms with E-state index < -0.39 is 11.7 Å². The number of fused-ring (bicyclic) bond motifs is 1. The molecule has 3 aromatic rings. The molecule has 4 rings (SSSR count). The Hall–Kier alpha value is -2.92. The van der Waals surface area contributed by atoms with Crippen LogP contribution >= 0.6 is 11.6 Å². The minimum atomic E-state index is -0.652. The van der Waals surface area contributed by atoms with Crippen LogP contribution in [0.2, 0.25) is 5.02 Å². The highest BCUT2D eigenvalue weighted by Crippen LogP contribution is 2.33. The summed E-state index contributed by atoms with van der Waals surface area (Å²) in [6.45, 7) is 0.562. The summed E-state index contributed by atoms with van der Waals surface area (Å²) >= 11 is 5.77. The van der Waals surface area contributed by atoms with Crippen molar-refractivity contribution >= 4 is 29.0 Å². The number of anilines is 1. The molecule has 0 spiro atoms. The van der Waals surface area contributed by atoms with Gasteiger partial charge in [0.15, 0.2) is 5.82 Å². The third kappa shape index (κ3) is 3.15. The van der Waals surface area contributed by atoms with Crippen molar-refractivity contribution in [3.63, 3.8) is 0 Å². The van der Waals surface area contributed by atoms with Gasteiger partial charge in [-0.1, -0.05) is 48.0 Å². The highest BCUT2D eigenvalue weighted by atomic mass is 35.5. The summed E-state index contributed by atoms with van der Waals surface area (Å²) in [7, 11) is 0. The molecule has 0 radical (unpaired) electrons. The Balaban J connectivity index is 1.58. The first kappa shape index (κ1) is 17.5. The fraction of sp³-hybridized carbons (Fsp3) is 0.143. The molecule has 0 aliphatic carbocycles. The summed E-state index contributed by atoms with van der Waals surface area (Å²) in [5, 5.41) is 2.56. The topological polar surface area (TPSA) is 51.1 Å². The van der Waals surface area contributed by atoms with E-state index in [1.54, 1.807) is 30.3 Å². The fourth-order valence-electron chi connectivity index (χ4n) is 3.46. The van der Waals surface area contributed by atoms with Crippen LogP contribution in [0.4, 0.5) is 10.1 Å². The van der Waals surface area contributed by atoms with E-state index in [0.717, 1.165) is 5.69 Å². The number of carbonyl (C=O) groups is 2. The van der Waals surface area contributed by atoms with Crippen molar-refractivity contribution in [3.05, 3.63) is 88.5 Å². The van der Waals surface area contributed by atoms with Crippen molar-refractivity contribution < 1.29 is 14.0 Å². The number of carbonyl (C=O) groups excluding carboxylic acids is 2. The molecule has 0 unspecified atom stereocenters. The second-order valence-electron chi connectivity index (χ2n) is 6.42. The van der Waals surface area contributed by atoms with Gasteiger partial charge in [-0.2, -0.15) is 0 Å². The first-order valence-corrected chi connectivity index (χ1v) is 8.98. The minimum absolute atomic E-state index is 0.0432. The van der Waals surface area contributed by atoms with Gasteiger partial charge in [0, 0.05) is 17.8 Å². The van der Waals surface area contributed by atoms with E-state index in [2.05, 4.69) is 5.32 Å². The molecule has 0 fully saturated rings. The largest absolute Gasteiger partial charge is 0.341 e. The van der Waals surface area contributed by atoms with Gasteiger partial charge >= 0.3 is 0 Å². The summed E-state index contributed by atoms with van der Waals surface area (Å²) in [6.07, 6.45) is 0.555. The lowest BCUT2D eigenvalue weighted by atomic mass is 10.0. The predicted molar refractivity (Wildman–Crippen MR) is 102 cm³/mol. The van der Waals surface area contributed by atoms with Crippen LogP contribution in [0.25, 0.3) is 0 Å². The van der Waals surface area contributed by atoms with Crippen LogP contribution in [-0.4, -0.2) is 16.3 Å². The van der Waals surface area contributed by atoms with Crippen molar-refractivity contribution in [2.24, 2.45) is 0 Å². The molecule has 0 saturated heterocycles. The van der Waals surface area contributed by atoms with E-state index in [0.29, 0.717) is 24.2 Å². The smallest absolute Gasteiger partial charge is 0.233 e. The summed E-state index contributed by atoms with van der Waals surface area (Å²) in [6, 6.07) is 17.0. The molecule has 6 heteroatoms. The minimum Gasteiger partial charge on any atom is -0.341 e. The van der Waals surface area contributed by atoms with Gasteiger partial charge in [-0.05, 0) is 30.7 Å². The maximum absolute atomic E-state index is 14.0. The molecule has 2 aromatic carbocycles. The third-order valence-electron chi connectivity index (χ3n) is 4.81. The van der Waals surface area contributed by atoms with E-state index in [1.165, 1.54) is 12.1 Å². The summed E-state index contributed by atoms with van der Waals surface area (Å²) in [4.78, 5) is 25.4. The Kier molecular flexibility index (Phi) is 4.54. The van der Waals surface area contributed by atoms with Crippen molar-refractivity contribution in [1.82, 2.24) is 4.57 Å². The number of hydrogen-bond donors (Lipinski definition) is 1. The Bertz CT molecular complexity index is 1030. The number of nitrogens with zero attached hydrogens (tertiary/aromatic N) is 1. The molecular formula is C21H16ClFN2O2. The molecule has 27 heavy (non-hydrogen) atoms. The number of hydrogen-bond acceptors (Lipinski definition) is 2. The van der Waals surface area contributed by atoms with E-state index in [-0.39, 0.29) is 22.4 Å². The third-order valence-corrected chi connectivity index (χ3v) is 5.10. The van der Waals surface area contributed by atoms with Crippen LogP contribution in [0.5, 0.6) is 0 Å². The fourth-order valence-corrected chi connectivity index (χ4v) is 3.64. The molecule has 1 aliphatic rings. The average molecular weight is 383 g/mol. The molecule has 1 amide bonds. The van der Waals surface area contributed by atoms with Gasteiger partial charge in [0.1, 0.15) is 0 Å². The molecular weight excluding hydrogens is 367 g/mol. The summed E-state index contributed by atoms with van der Waals surface area (Å²) in [5.41, 5.74) is 1.97. The van der Waals surface area contributed by atoms with E-state index in [1.807, 2.05) is 22.8 Å². The zero-order valence-corrected chi connectivity index (χ0v) is 15.0. The number of benzene rings is 2. The molecule has 0 bridgehead atoms. The van der Waals surface area contributed by atoms with Crippen LogP contribution < -0.4 is 5.32 Å². The molecule has 1 N–H and O–H groups in total. The molecule has 1 atom stereocenters. The summed E-state index contributed by atoms with van der Waals surface area (Å²) < 4.78 is 15.9. The number of amides is 1. The lowest BCUT2D eigenvalue weighted by Crippen LogP contribution is -2.20. The maximum atomic E-state index is 14.0. The Morgan fingerprint density at radius 2 is 1.81 bits per heavy atom. The van der Waals surface area contributed by atoms with E-state index >= 15 is 0 Å². The van der Waals surface area contributed by atoms with Crippen LogP contribution in [0.15, 0.2) is 60.7 Å². The van der Waals surface area contributed by atoms with Gasteiger partial charge in [-0.3, -0.25) is 9.59 Å². The van der Waals surface area contributed by atoms with Gasteiger partial charge in [0.25, 0.3) is 0 Å². The van der Waals surface area contributed by atoms with Gasteiger partial charge in [0.2, 0.25) is 11.7 Å². The first-order valence-electron chi connectivity index (χ1n) is 8.60. The van der Waals surface area contributed by atoms with E-state index in [9.17, 15) is 14.0 Å². The second kappa shape index (κ2) is 7.00. The van der Waals surface area contributed by atoms with Gasteiger partial charge in [0.05, 0.1) is 22.3 Å². The Morgan fingerprint density at radius 1 is 1.04 bits per heavy atom. The quantitative estimate of drug-likeness (QED) is 0.668. The van der Waals surface area contributed by atoms with Crippen LogP contribution in [0, 0.1) is 5.82 Å². The van der Waals surface area contributed by atoms with Crippen molar-refractivity contribution in [2.45, 2.75) is 18.9 Å². The normalized spacial score (nSPS) is 15.4. The van der Waals surface area contributed by atoms with Crippen molar-refractivity contribution in [3.8, 4) is 0 Å².